The fourth-order valence-corrected chi connectivity index (χ4v) is 3.48. The molecule has 1 aliphatic heterocycles. The number of rotatable bonds is 2. The Balaban J connectivity index is 1.81. The van der Waals surface area contributed by atoms with Crippen LogP contribution < -0.4 is 4.90 Å². The number of thiazole rings is 1. The Morgan fingerprint density at radius 1 is 1.20 bits per heavy atom. The van der Waals surface area contributed by atoms with Gasteiger partial charge in [-0.25, -0.2) is 4.98 Å². The van der Waals surface area contributed by atoms with E-state index in [0.29, 0.717) is 0 Å². The molecule has 0 N–H and O–H groups in total. The number of halogens is 1. The van der Waals surface area contributed by atoms with Crippen molar-refractivity contribution in [1.82, 2.24) is 4.98 Å². The lowest BCUT2D eigenvalue weighted by Crippen LogP contribution is -2.45. The van der Waals surface area contributed by atoms with Crippen LogP contribution >= 0.6 is 22.9 Å². The molecule has 3 nitrogen and oxygen atoms in total. The van der Waals surface area contributed by atoms with Crippen molar-refractivity contribution in [3.05, 3.63) is 34.7 Å². The molecule has 0 saturated carbocycles. The first-order valence-corrected chi connectivity index (χ1v) is 7.99. The Labute approximate surface area is 128 Å². The number of hydrogen-bond acceptors (Lipinski definition) is 4. The van der Waals surface area contributed by atoms with Crippen LogP contribution in [0.5, 0.6) is 0 Å². The van der Waals surface area contributed by atoms with E-state index in [1.165, 1.54) is 0 Å². The van der Waals surface area contributed by atoms with Crippen molar-refractivity contribution in [2.75, 3.05) is 18.0 Å². The van der Waals surface area contributed by atoms with E-state index < -0.39 is 0 Å². The second-order valence-corrected chi connectivity index (χ2v) is 6.46. The quantitative estimate of drug-likeness (QED) is 0.836. The fourth-order valence-electron chi connectivity index (χ4n) is 2.50. The number of benzene rings is 1. The molecule has 1 aliphatic rings. The van der Waals surface area contributed by atoms with E-state index in [-0.39, 0.29) is 12.2 Å². The molecular formula is C15H17ClN2OS. The molecule has 20 heavy (non-hydrogen) atoms. The first-order valence-electron chi connectivity index (χ1n) is 6.73. The van der Waals surface area contributed by atoms with Gasteiger partial charge in [0.15, 0.2) is 5.13 Å². The lowest BCUT2D eigenvalue weighted by molar-refractivity contribution is -0.00522. The summed E-state index contributed by atoms with van der Waals surface area (Å²) in [5.41, 5.74) is 2.11. The molecule has 2 aromatic rings. The van der Waals surface area contributed by atoms with Gasteiger partial charge in [-0.15, -0.1) is 11.3 Å². The number of hydrogen-bond donors (Lipinski definition) is 0. The van der Waals surface area contributed by atoms with Crippen molar-refractivity contribution in [2.24, 2.45) is 0 Å². The fraction of sp³-hybridized carbons (Fsp3) is 0.400. The third-order valence-electron chi connectivity index (χ3n) is 3.32. The van der Waals surface area contributed by atoms with Crippen LogP contribution in [0.25, 0.3) is 11.3 Å². The molecule has 0 amide bonds. The predicted octanol–water partition coefficient (Wildman–Crippen LogP) is 4.08. The van der Waals surface area contributed by atoms with E-state index in [0.717, 1.165) is 34.5 Å². The van der Waals surface area contributed by atoms with Crippen LogP contribution in [0.4, 0.5) is 5.13 Å². The van der Waals surface area contributed by atoms with Gasteiger partial charge in [0.05, 0.1) is 17.9 Å². The van der Waals surface area contributed by atoms with Crippen LogP contribution in [-0.2, 0) is 4.74 Å². The minimum Gasteiger partial charge on any atom is -0.372 e. The highest BCUT2D eigenvalue weighted by molar-refractivity contribution is 7.14. The standard InChI is InChI=1S/C15H17ClN2OS/c1-10-7-18(8-11(2)19-10)15-17-14(9-20-15)12-3-5-13(16)6-4-12/h3-6,9-11H,7-8H2,1-2H3/t10-,11-/m1/s1. The molecular weight excluding hydrogens is 292 g/mol. The second kappa shape index (κ2) is 5.72. The largest absolute Gasteiger partial charge is 0.372 e. The van der Waals surface area contributed by atoms with Crippen LogP contribution in [0.1, 0.15) is 13.8 Å². The smallest absolute Gasteiger partial charge is 0.186 e. The first kappa shape index (κ1) is 13.9. The highest BCUT2D eigenvalue weighted by atomic mass is 35.5. The molecule has 0 aliphatic carbocycles. The minimum atomic E-state index is 0.252. The molecule has 2 heterocycles. The molecule has 1 aromatic heterocycles. The molecule has 0 radical (unpaired) electrons. The molecule has 1 fully saturated rings. The van der Waals surface area contributed by atoms with Gasteiger partial charge in [0, 0.05) is 29.1 Å². The van der Waals surface area contributed by atoms with Gasteiger partial charge in [-0.2, -0.15) is 0 Å². The number of morpholine rings is 1. The van der Waals surface area contributed by atoms with Crippen LogP contribution in [0.15, 0.2) is 29.6 Å². The summed E-state index contributed by atoms with van der Waals surface area (Å²) in [5, 5.41) is 3.92. The summed E-state index contributed by atoms with van der Waals surface area (Å²) >= 11 is 7.60. The summed E-state index contributed by atoms with van der Waals surface area (Å²) in [6.45, 7) is 6.02. The Hall–Kier alpha value is -1.10. The van der Waals surface area contributed by atoms with Gasteiger partial charge in [0.1, 0.15) is 0 Å². The maximum Gasteiger partial charge on any atom is 0.186 e. The molecule has 3 rings (SSSR count). The van der Waals surface area contributed by atoms with E-state index in [1.807, 2.05) is 24.3 Å². The zero-order valence-electron chi connectivity index (χ0n) is 11.5. The van der Waals surface area contributed by atoms with Gasteiger partial charge in [-0.3, -0.25) is 0 Å². The first-order chi connectivity index (χ1) is 9.61. The molecule has 1 aromatic carbocycles. The van der Waals surface area contributed by atoms with Crippen molar-refractivity contribution in [3.63, 3.8) is 0 Å². The monoisotopic (exact) mass is 308 g/mol. The number of ether oxygens (including phenoxy) is 1. The van der Waals surface area contributed by atoms with Gasteiger partial charge < -0.3 is 9.64 Å². The van der Waals surface area contributed by atoms with Crippen molar-refractivity contribution >= 4 is 28.1 Å². The van der Waals surface area contributed by atoms with Gasteiger partial charge in [0.25, 0.3) is 0 Å². The number of nitrogens with zero attached hydrogens (tertiary/aromatic N) is 2. The van der Waals surface area contributed by atoms with E-state index in [9.17, 15) is 0 Å². The zero-order chi connectivity index (χ0) is 14.1. The summed E-state index contributed by atoms with van der Waals surface area (Å²) in [7, 11) is 0. The van der Waals surface area contributed by atoms with Crippen molar-refractivity contribution < 1.29 is 4.74 Å². The summed E-state index contributed by atoms with van der Waals surface area (Å²) < 4.78 is 5.76. The van der Waals surface area contributed by atoms with Gasteiger partial charge in [-0.05, 0) is 26.0 Å². The Morgan fingerprint density at radius 3 is 2.50 bits per heavy atom. The second-order valence-electron chi connectivity index (χ2n) is 5.18. The SMILES string of the molecule is C[C@@H]1CN(c2nc(-c3ccc(Cl)cc3)cs2)C[C@@H](C)O1. The van der Waals surface area contributed by atoms with Crippen LogP contribution in [0, 0.1) is 0 Å². The van der Waals surface area contributed by atoms with E-state index in [1.54, 1.807) is 11.3 Å². The summed E-state index contributed by atoms with van der Waals surface area (Å²) in [5.74, 6) is 0. The van der Waals surface area contributed by atoms with Crippen molar-refractivity contribution in [2.45, 2.75) is 26.1 Å². The van der Waals surface area contributed by atoms with E-state index >= 15 is 0 Å². The van der Waals surface area contributed by atoms with Crippen molar-refractivity contribution in [3.8, 4) is 11.3 Å². The summed E-state index contributed by atoms with van der Waals surface area (Å²) in [6, 6.07) is 7.81. The Bertz CT molecular complexity index is 574. The molecule has 5 heteroatoms. The average molecular weight is 309 g/mol. The zero-order valence-corrected chi connectivity index (χ0v) is 13.1. The normalized spacial score (nSPS) is 23.1. The van der Waals surface area contributed by atoms with E-state index in [4.69, 9.17) is 21.3 Å². The molecule has 106 valence electrons. The predicted molar refractivity (Wildman–Crippen MR) is 84.8 cm³/mol. The third kappa shape index (κ3) is 2.97. The van der Waals surface area contributed by atoms with E-state index in [2.05, 4.69) is 24.1 Å². The Morgan fingerprint density at radius 2 is 1.85 bits per heavy atom. The lowest BCUT2D eigenvalue weighted by Gasteiger charge is -2.35. The van der Waals surface area contributed by atoms with Crippen LogP contribution in [0.2, 0.25) is 5.02 Å². The summed E-state index contributed by atoms with van der Waals surface area (Å²) in [4.78, 5) is 7.06. The van der Waals surface area contributed by atoms with Gasteiger partial charge in [-0.1, -0.05) is 23.7 Å². The average Bonchev–Trinajstić information content (AvgIpc) is 2.88. The highest BCUT2D eigenvalue weighted by Crippen LogP contribution is 2.29. The van der Waals surface area contributed by atoms with Gasteiger partial charge in [0.2, 0.25) is 0 Å². The maximum atomic E-state index is 5.92. The third-order valence-corrected chi connectivity index (χ3v) is 4.48. The lowest BCUT2D eigenvalue weighted by atomic mass is 10.2. The molecule has 2 atom stereocenters. The number of aromatic nitrogens is 1. The van der Waals surface area contributed by atoms with Gasteiger partial charge >= 0.3 is 0 Å². The van der Waals surface area contributed by atoms with Crippen LogP contribution in [0.3, 0.4) is 0 Å². The minimum absolute atomic E-state index is 0.252. The highest BCUT2D eigenvalue weighted by Gasteiger charge is 2.24. The summed E-state index contributed by atoms with van der Waals surface area (Å²) in [6.07, 6.45) is 0.503. The molecule has 0 spiro atoms. The van der Waals surface area contributed by atoms with Crippen LogP contribution in [-0.4, -0.2) is 30.3 Å². The topological polar surface area (TPSA) is 25.4 Å². The number of anilines is 1. The van der Waals surface area contributed by atoms with Crippen molar-refractivity contribution in [1.29, 1.82) is 0 Å². The maximum absolute atomic E-state index is 5.92. The Kier molecular flexibility index (Phi) is 3.96. The molecule has 0 bridgehead atoms. The molecule has 0 unspecified atom stereocenters. The molecule has 1 saturated heterocycles.